The summed E-state index contributed by atoms with van der Waals surface area (Å²) >= 11 is 0. The number of rotatable bonds is 7. The molecule has 23 heavy (non-hydrogen) atoms. The first kappa shape index (κ1) is 16.5. The number of hydrogen-bond acceptors (Lipinski definition) is 4. The van der Waals surface area contributed by atoms with Crippen molar-refractivity contribution >= 4 is 17.5 Å². The van der Waals surface area contributed by atoms with Gasteiger partial charge in [-0.1, -0.05) is 30.3 Å². The fraction of sp³-hybridized carbons (Fsp3) is 0.222. The van der Waals surface area contributed by atoms with Crippen LogP contribution in [0.15, 0.2) is 42.6 Å². The van der Waals surface area contributed by atoms with Crippen LogP contribution in [0.3, 0.4) is 0 Å². The quantitative estimate of drug-likeness (QED) is 0.626. The number of nitrogens with zero attached hydrogens (tertiary/aromatic N) is 1. The Kier molecular flexibility index (Phi) is 5.36. The molecule has 5 nitrogen and oxygen atoms in total. The topological polar surface area (TPSA) is 84.3 Å². The SMILES string of the molecule is CC(=O)c1ccccc1CCc1ccc(CC(=O)C(=O)O)nc1. The molecule has 1 aromatic heterocycles. The third-order valence-electron chi connectivity index (χ3n) is 3.55. The molecule has 2 rings (SSSR count). The monoisotopic (exact) mass is 311 g/mol. The van der Waals surface area contributed by atoms with E-state index in [9.17, 15) is 14.4 Å². The molecular weight excluding hydrogens is 294 g/mol. The van der Waals surface area contributed by atoms with E-state index >= 15 is 0 Å². The first-order valence-electron chi connectivity index (χ1n) is 7.26. The number of hydrogen-bond donors (Lipinski definition) is 1. The number of aromatic nitrogens is 1. The van der Waals surface area contributed by atoms with E-state index in [2.05, 4.69) is 4.98 Å². The Morgan fingerprint density at radius 3 is 2.39 bits per heavy atom. The van der Waals surface area contributed by atoms with Crippen LogP contribution >= 0.6 is 0 Å². The summed E-state index contributed by atoms with van der Waals surface area (Å²) in [5.74, 6) is -2.28. The molecule has 0 aliphatic carbocycles. The lowest BCUT2D eigenvalue weighted by Crippen LogP contribution is -2.15. The van der Waals surface area contributed by atoms with Gasteiger partial charge in [-0.05, 0) is 37.0 Å². The highest BCUT2D eigenvalue weighted by atomic mass is 16.4. The van der Waals surface area contributed by atoms with Crippen LogP contribution in [0.4, 0.5) is 0 Å². The van der Waals surface area contributed by atoms with Crippen molar-refractivity contribution in [2.75, 3.05) is 0 Å². The molecule has 0 saturated carbocycles. The molecule has 5 heteroatoms. The molecule has 1 N–H and O–H groups in total. The van der Waals surface area contributed by atoms with Gasteiger partial charge in [-0.15, -0.1) is 0 Å². The van der Waals surface area contributed by atoms with Gasteiger partial charge >= 0.3 is 5.97 Å². The first-order valence-corrected chi connectivity index (χ1v) is 7.26. The van der Waals surface area contributed by atoms with Gasteiger partial charge in [-0.2, -0.15) is 0 Å². The second-order valence-corrected chi connectivity index (χ2v) is 5.28. The molecule has 0 aliphatic rings. The second-order valence-electron chi connectivity index (χ2n) is 5.28. The zero-order chi connectivity index (χ0) is 16.8. The van der Waals surface area contributed by atoms with Crippen LogP contribution in [-0.2, 0) is 28.9 Å². The highest BCUT2D eigenvalue weighted by Gasteiger charge is 2.13. The summed E-state index contributed by atoms with van der Waals surface area (Å²) in [6.07, 6.45) is 2.86. The molecule has 0 atom stereocenters. The second kappa shape index (κ2) is 7.45. The van der Waals surface area contributed by atoms with Gasteiger partial charge in [0.15, 0.2) is 5.78 Å². The average Bonchev–Trinajstić information content (AvgIpc) is 2.54. The van der Waals surface area contributed by atoms with Crippen molar-refractivity contribution in [2.45, 2.75) is 26.2 Å². The number of carbonyl (C=O) groups excluding carboxylic acids is 2. The van der Waals surface area contributed by atoms with Gasteiger partial charge in [0.2, 0.25) is 5.78 Å². The van der Waals surface area contributed by atoms with E-state index in [0.29, 0.717) is 18.5 Å². The van der Waals surface area contributed by atoms with Gasteiger partial charge < -0.3 is 5.11 Å². The Morgan fingerprint density at radius 2 is 1.78 bits per heavy atom. The van der Waals surface area contributed by atoms with E-state index in [-0.39, 0.29) is 12.2 Å². The van der Waals surface area contributed by atoms with Gasteiger partial charge in [-0.3, -0.25) is 14.6 Å². The fourth-order valence-corrected chi connectivity index (χ4v) is 2.31. The van der Waals surface area contributed by atoms with Crippen molar-refractivity contribution < 1.29 is 19.5 Å². The largest absolute Gasteiger partial charge is 0.475 e. The number of Topliss-reactive ketones (excluding diaryl/α,β-unsaturated/α-hetero) is 2. The lowest BCUT2D eigenvalue weighted by Gasteiger charge is -2.07. The predicted molar refractivity (Wildman–Crippen MR) is 84.4 cm³/mol. The molecule has 0 radical (unpaired) electrons. The van der Waals surface area contributed by atoms with Gasteiger partial charge in [0.05, 0.1) is 6.42 Å². The molecule has 0 unspecified atom stereocenters. The molecular formula is C18H17NO4. The average molecular weight is 311 g/mol. The number of pyridine rings is 1. The first-order chi connectivity index (χ1) is 11.0. The van der Waals surface area contributed by atoms with Crippen molar-refractivity contribution in [3.63, 3.8) is 0 Å². The summed E-state index contributed by atoms with van der Waals surface area (Å²) in [6, 6.07) is 11.0. The molecule has 1 heterocycles. The molecule has 0 amide bonds. The molecule has 0 aliphatic heterocycles. The minimum atomic E-state index is -1.45. The molecule has 0 bridgehead atoms. The molecule has 0 saturated heterocycles. The van der Waals surface area contributed by atoms with E-state index in [1.54, 1.807) is 19.2 Å². The summed E-state index contributed by atoms with van der Waals surface area (Å²) in [5, 5.41) is 8.57. The van der Waals surface area contributed by atoms with Crippen molar-refractivity contribution in [1.82, 2.24) is 4.98 Å². The van der Waals surface area contributed by atoms with E-state index in [4.69, 9.17) is 5.11 Å². The van der Waals surface area contributed by atoms with Crippen LogP contribution in [0, 0.1) is 0 Å². The molecule has 2 aromatic rings. The van der Waals surface area contributed by atoms with Crippen LogP contribution in [0.5, 0.6) is 0 Å². The van der Waals surface area contributed by atoms with Crippen molar-refractivity contribution in [2.24, 2.45) is 0 Å². The Hall–Kier alpha value is -2.82. The lowest BCUT2D eigenvalue weighted by atomic mass is 9.98. The number of aliphatic carboxylic acids is 1. The maximum Gasteiger partial charge on any atom is 0.372 e. The van der Waals surface area contributed by atoms with Crippen LogP contribution in [0.2, 0.25) is 0 Å². The maximum absolute atomic E-state index is 11.6. The zero-order valence-electron chi connectivity index (χ0n) is 12.8. The summed E-state index contributed by atoms with van der Waals surface area (Å²) in [6.45, 7) is 1.55. The minimum Gasteiger partial charge on any atom is -0.475 e. The standard InChI is InChI=1S/C18H17NO4/c1-12(20)16-5-3-2-4-14(16)8-6-13-7-9-15(19-11-13)10-17(21)18(22)23/h2-5,7,9,11H,6,8,10H2,1H3,(H,22,23). The van der Waals surface area contributed by atoms with Crippen molar-refractivity contribution in [3.8, 4) is 0 Å². The van der Waals surface area contributed by atoms with E-state index < -0.39 is 11.8 Å². The van der Waals surface area contributed by atoms with Gasteiger partial charge in [0, 0.05) is 17.5 Å². The van der Waals surface area contributed by atoms with Crippen molar-refractivity contribution in [1.29, 1.82) is 0 Å². The number of carboxylic acid groups (broad SMARTS) is 1. The smallest absolute Gasteiger partial charge is 0.372 e. The fourth-order valence-electron chi connectivity index (χ4n) is 2.31. The Labute approximate surface area is 134 Å². The highest BCUT2D eigenvalue weighted by molar-refractivity contribution is 6.33. The summed E-state index contributed by atoms with van der Waals surface area (Å²) < 4.78 is 0. The summed E-state index contributed by atoms with van der Waals surface area (Å²) in [5.41, 5.74) is 3.12. The number of carboxylic acids is 1. The predicted octanol–water partition coefficient (Wildman–Crippen LogP) is 2.27. The lowest BCUT2D eigenvalue weighted by molar-refractivity contribution is -0.148. The molecule has 118 valence electrons. The van der Waals surface area contributed by atoms with Crippen molar-refractivity contribution in [3.05, 3.63) is 65.0 Å². The van der Waals surface area contributed by atoms with Gasteiger partial charge in [0.25, 0.3) is 0 Å². The Bertz CT molecular complexity index is 735. The highest BCUT2D eigenvalue weighted by Crippen LogP contribution is 2.13. The summed E-state index contributed by atoms with van der Waals surface area (Å²) in [7, 11) is 0. The third kappa shape index (κ3) is 4.57. The van der Waals surface area contributed by atoms with Crippen LogP contribution in [0.1, 0.15) is 34.1 Å². The normalized spacial score (nSPS) is 10.3. The van der Waals surface area contributed by atoms with Gasteiger partial charge in [0.1, 0.15) is 0 Å². The number of aryl methyl sites for hydroxylation is 2. The van der Waals surface area contributed by atoms with Crippen LogP contribution in [-0.4, -0.2) is 27.6 Å². The van der Waals surface area contributed by atoms with Gasteiger partial charge in [-0.25, -0.2) is 4.79 Å². The molecule has 0 spiro atoms. The number of ketones is 2. The third-order valence-corrected chi connectivity index (χ3v) is 3.55. The number of carbonyl (C=O) groups is 3. The van der Waals surface area contributed by atoms with Crippen LogP contribution in [0.25, 0.3) is 0 Å². The number of benzene rings is 1. The zero-order valence-corrected chi connectivity index (χ0v) is 12.8. The minimum absolute atomic E-state index is 0.0428. The maximum atomic E-state index is 11.6. The molecule has 0 fully saturated rings. The van der Waals surface area contributed by atoms with E-state index in [1.807, 2.05) is 30.3 Å². The van der Waals surface area contributed by atoms with E-state index in [1.165, 1.54) is 0 Å². The summed E-state index contributed by atoms with van der Waals surface area (Å²) in [4.78, 5) is 37.4. The Morgan fingerprint density at radius 1 is 1.04 bits per heavy atom. The van der Waals surface area contributed by atoms with Crippen LogP contribution < -0.4 is 0 Å². The Balaban J connectivity index is 2.01. The van der Waals surface area contributed by atoms with E-state index in [0.717, 1.165) is 16.7 Å². The molecule has 1 aromatic carbocycles.